The van der Waals surface area contributed by atoms with Gasteiger partial charge in [-0.15, -0.1) is 11.3 Å². The van der Waals surface area contributed by atoms with Gasteiger partial charge in [0.25, 0.3) is 5.91 Å². The van der Waals surface area contributed by atoms with Gasteiger partial charge in [-0.3, -0.25) is 4.79 Å². The van der Waals surface area contributed by atoms with Crippen molar-refractivity contribution in [3.05, 3.63) is 83.4 Å². The normalized spacial score (nSPS) is 10.8. The number of hydrogen-bond acceptors (Lipinski definition) is 4. The van der Waals surface area contributed by atoms with Gasteiger partial charge >= 0.3 is 0 Å². The van der Waals surface area contributed by atoms with Crippen molar-refractivity contribution in [1.82, 2.24) is 4.98 Å². The lowest BCUT2D eigenvalue weighted by molar-refractivity contribution is 0.102. The maximum atomic E-state index is 12.2. The molecule has 0 spiro atoms. The van der Waals surface area contributed by atoms with Gasteiger partial charge in [0.1, 0.15) is 0 Å². The number of nitrogens with one attached hydrogen (secondary N) is 1. The topological polar surface area (TPSA) is 42.0 Å². The Labute approximate surface area is 164 Å². The third-order valence-electron chi connectivity index (χ3n) is 3.70. The quantitative estimate of drug-likeness (QED) is 0.436. The van der Waals surface area contributed by atoms with Gasteiger partial charge in [0.05, 0.1) is 15.2 Å². The molecule has 0 aliphatic rings. The second kappa shape index (κ2) is 7.50. The maximum Gasteiger partial charge on any atom is 0.255 e. The van der Waals surface area contributed by atoms with E-state index >= 15 is 0 Å². The summed E-state index contributed by atoms with van der Waals surface area (Å²) < 4.78 is 2.09. The third-order valence-corrected chi connectivity index (χ3v) is 6.29. The molecular formula is C20H13ClN2OS2. The summed E-state index contributed by atoms with van der Waals surface area (Å²) in [4.78, 5) is 17.8. The van der Waals surface area contributed by atoms with E-state index in [-0.39, 0.29) is 5.91 Å². The summed E-state index contributed by atoms with van der Waals surface area (Å²) in [6.45, 7) is 0. The van der Waals surface area contributed by atoms with E-state index in [4.69, 9.17) is 11.6 Å². The molecule has 128 valence electrons. The maximum absolute atomic E-state index is 12.2. The van der Waals surface area contributed by atoms with Gasteiger partial charge in [-0.05, 0) is 42.5 Å². The van der Waals surface area contributed by atoms with Crippen LogP contribution in [0, 0.1) is 0 Å². The van der Waals surface area contributed by atoms with Crippen LogP contribution in [0.4, 0.5) is 5.69 Å². The van der Waals surface area contributed by atoms with Crippen molar-refractivity contribution in [3.8, 4) is 0 Å². The fourth-order valence-electron chi connectivity index (χ4n) is 2.44. The molecule has 0 radical (unpaired) electrons. The van der Waals surface area contributed by atoms with Crippen LogP contribution in [-0.4, -0.2) is 10.9 Å². The molecule has 26 heavy (non-hydrogen) atoms. The van der Waals surface area contributed by atoms with Crippen molar-refractivity contribution in [1.29, 1.82) is 0 Å². The molecule has 1 amide bonds. The van der Waals surface area contributed by atoms with Crippen LogP contribution in [0.1, 0.15) is 10.4 Å². The Balaban J connectivity index is 1.51. The zero-order chi connectivity index (χ0) is 17.9. The molecule has 4 rings (SSSR count). The van der Waals surface area contributed by atoms with Crippen LogP contribution in [0.3, 0.4) is 0 Å². The second-order valence-corrected chi connectivity index (χ2v) is 8.24. The van der Waals surface area contributed by atoms with E-state index in [9.17, 15) is 4.79 Å². The number of aromatic nitrogens is 1. The van der Waals surface area contributed by atoms with E-state index in [1.807, 2.05) is 48.5 Å². The van der Waals surface area contributed by atoms with Crippen LogP contribution >= 0.6 is 34.7 Å². The average molecular weight is 397 g/mol. The summed E-state index contributed by atoms with van der Waals surface area (Å²) in [7, 11) is 0. The highest BCUT2D eigenvalue weighted by Gasteiger charge is 2.10. The number of rotatable bonds is 4. The highest BCUT2D eigenvalue weighted by atomic mass is 35.5. The summed E-state index contributed by atoms with van der Waals surface area (Å²) in [6.07, 6.45) is 0. The number of halogens is 1. The molecule has 0 saturated heterocycles. The van der Waals surface area contributed by atoms with Crippen molar-refractivity contribution in [2.75, 3.05) is 5.32 Å². The van der Waals surface area contributed by atoms with Gasteiger partial charge < -0.3 is 5.32 Å². The first kappa shape index (κ1) is 17.1. The van der Waals surface area contributed by atoms with Crippen molar-refractivity contribution in [2.45, 2.75) is 9.24 Å². The molecule has 0 aliphatic carbocycles. The van der Waals surface area contributed by atoms with Gasteiger partial charge in [0, 0.05) is 16.1 Å². The first-order valence-electron chi connectivity index (χ1n) is 7.88. The Morgan fingerprint density at radius 1 is 1.00 bits per heavy atom. The predicted octanol–water partition coefficient (Wildman–Crippen LogP) is 6.35. The number of benzene rings is 3. The summed E-state index contributed by atoms with van der Waals surface area (Å²) >= 11 is 9.58. The van der Waals surface area contributed by atoms with E-state index in [0.717, 1.165) is 19.5 Å². The first-order valence-corrected chi connectivity index (χ1v) is 9.89. The minimum absolute atomic E-state index is 0.159. The minimum Gasteiger partial charge on any atom is -0.322 e. The van der Waals surface area contributed by atoms with Crippen molar-refractivity contribution in [3.63, 3.8) is 0 Å². The summed E-state index contributed by atoms with van der Waals surface area (Å²) in [5.41, 5.74) is 2.26. The number of nitrogens with zero attached hydrogens (tertiary/aromatic N) is 1. The Morgan fingerprint density at radius 3 is 2.54 bits per heavy atom. The monoisotopic (exact) mass is 396 g/mol. The molecule has 1 N–H and O–H groups in total. The summed E-state index contributed by atoms with van der Waals surface area (Å²) in [6, 6.07) is 22.6. The minimum atomic E-state index is -0.159. The molecule has 0 aliphatic heterocycles. The fraction of sp³-hybridized carbons (Fsp3) is 0. The lowest BCUT2D eigenvalue weighted by atomic mass is 10.2. The number of fused-ring (bicyclic) bond motifs is 1. The zero-order valence-corrected chi connectivity index (χ0v) is 15.9. The van der Waals surface area contributed by atoms with Crippen molar-refractivity contribution >= 4 is 56.5 Å². The van der Waals surface area contributed by atoms with Gasteiger partial charge in [0.2, 0.25) is 0 Å². The number of anilines is 1. The lowest BCUT2D eigenvalue weighted by Crippen LogP contribution is -2.11. The van der Waals surface area contributed by atoms with Gasteiger partial charge in [0.15, 0.2) is 4.34 Å². The molecule has 1 heterocycles. The molecule has 0 unspecified atom stereocenters. The first-order chi connectivity index (χ1) is 12.7. The molecule has 4 aromatic rings. The molecule has 0 fully saturated rings. The fourth-order valence-corrected chi connectivity index (χ4v) is 4.77. The molecule has 0 saturated carbocycles. The summed E-state index contributed by atoms with van der Waals surface area (Å²) in [5.74, 6) is -0.159. The lowest BCUT2D eigenvalue weighted by Gasteiger charge is -2.08. The van der Waals surface area contributed by atoms with Crippen molar-refractivity contribution < 1.29 is 4.79 Å². The van der Waals surface area contributed by atoms with Gasteiger partial charge in [-0.25, -0.2) is 4.98 Å². The van der Waals surface area contributed by atoms with E-state index in [2.05, 4.69) is 16.4 Å². The molecule has 0 atom stereocenters. The standard InChI is InChI=1S/C20H13ClN2OS2/c21-15-12-14(22-19(24)13-6-2-1-3-7-13)10-11-17(15)25-20-23-16-8-4-5-9-18(16)26-20/h1-12H,(H,22,24). The predicted molar refractivity (Wildman–Crippen MR) is 110 cm³/mol. The Bertz CT molecular complexity index is 1050. The third kappa shape index (κ3) is 3.75. The van der Waals surface area contributed by atoms with Crippen LogP contribution in [0.15, 0.2) is 82.0 Å². The van der Waals surface area contributed by atoms with Crippen LogP contribution in [0.2, 0.25) is 5.02 Å². The number of thiazole rings is 1. The molecule has 3 aromatic carbocycles. The number of carbonyl (C=O) groups excluding carboxylic acids is 1. The highest BCUT2D eigenvalue weighted by Crippen LogP contribution is 2.38. The molecule has 3 nitrogen and oxygen atoms in total. The van der Waals surface area contributed by atoms with Crippen LogP contribution < -0.4 is 5.32 Å². The SMILES string of the molecule is O=C(Nc1ccc(Sc2nc3ccccc3s2)c(Cl)c1)c1ccccc1. The average Bonchev–Trinajstić information content (AvgIpc) is 3.07. The largest absolute Gasteiger partial charge is 0.322 e. The Kier molecular flexibility index (Phi) is 4.93. The molecular weight excluding hydrogens is 384 g/mol. The zero-order valence-electron chi connectivity index (χ0n) is 13.5. The highest BCUT2D eigenvalue weighted by molar-refractivity contribution is 8.01. The van der Waals surface area contributed by atoms with E-state index in [1.165, 1.54) is 11.8 Å². The van der Waals surface area contributed by atoms with Gasteiger partial charge in [-0.2, -0.15) is 0 Å². The number of hydrogen-bond donors (Lipinski definition) is 1. The van der Waals surface area contributed by atoms with E-state index in [1.54, 1.807) is 29.5 Å². The van der Waals surface area contributed by atoms with E-state index in [0.29, 0.717) is 16.3 Å². The molecule has 1 aromatic heterocycles. The van der Waals surface area contributed by atoms with E-state index < -0.39 is 0 Å². The van der Waals surface area contributed by atoms with Crippen LogP contribution in [-0.2, 0) is 0 Å². The van der Waals surface area contributed by atoms with Gasteiger partial charge in [-0.1, -0.05) is 53.7 Å². The Morgan fingerprint density at radius 2 is 1.77 bits per heavy atom. The second-order valence-electron chi connectivity index (χ2n) is 5.51. The van der Waals surface area contributed by atoms with Crippen LogP contribution in [0.25, 0.3) is 10.2 Å². The molecule has 6 heteroatoms. The number of amides is 1. The smallest absolute Gasteiger partial charge is 0.255 e. The van der Waals surface area contributed by atoms with Crippen LogP contribution in [0.5, 0.6) is 0 Å². The Hall–Kier alpha value is -2.34. The van der Waals surface area contributed by atoms with Crippen molar-refractivity contribution in [2.24, 2.45) is 0 Å². The molecule has 0 bridgehead atoms. The number of para-hydroxylation sites is 1. The number of carbonyl (C=O) groups is 1. The summed E-state index contributed by atoms with van der Waals surface area (Å²) in [5, 5.41) is 3.45.